The van der Waals surface area contributed by atoms with Crippen molar-refractivity contribution in [2.45, 2.75) is 20.3 Å². The summed E-state index contributed by atoms with van der Waals surface area (Å²) in [5.74, 6) is 0. The summed E-state index contributed by atoms with van der Waals surface area (Å²) in [6.45, 7) is 7.08. The molecule has 0 heterocycles. The van der Waals surface area contributed by atoms with E-state index in [1.807, 2.05) is 6.92 Å². The fourth-order valence-corrected chi connectivity index (χ4v) is 0.534. The number of hydrogen-bond acceptors (Lipinski definition) is 3. The largest absolute Gasteiger partial charge is 0.380 e. The Kier molecular flexibility index (Phi) is 8.77. The van der Waals surface area contributed by atoms with Crippen LogP contribution in [0.25, 0.3) is 0 Å². The van der Waals surface area contributed by atoms with Gasteiger partial charge in [0.1, 0.15) is 0 Å². The van der Waals surface area contributed by atoms with E-state index in [9.17, 15) is 0 Å². The molecule has 0 atom stereocenters. The number of nitrogens with one attached hydrogen (secondary N) is 1. The van der Waals surface area contributed by atoms with E-state index in [2.05, 4.69) is 12.4 Å². The molecule has 0 unspecified atom stereocenters. The summed E-state index contributed by atoms with van der Waals surface area (Å²) in [5.41, 5.74) is 2.77. The number of hydrogen-bond donors (Lipinski definition) is 1. The molecule has 0 bridgehead atoms. The maximum atomic E-state index is 5.19. The normalized spacial score (nSPS) is 10.2. The molecule has 0 radical (unpaired) electrons. The van der Waals surface area contributed by atoms with Crippen LogP contribution in [-0.2, 0) is 9.57 Å². The lowest BCUT2D eigenvalue weighted by atomic mass is 10.5. The zero-order chi connectivity index (χ0) is 7.66. The van der Waals surface area contributed by atoms with Crippen molar-refractivity contribution in [3.8, 4) is 0 Å². The van der Waals surface area contributed by atoms with E-state index in [1.165, 1.54) is 0 Å². The Morgan fingerprint density at radius 3 is 2.60 bits per heavy atom. The van der Waals surface area contributed by atoms with Gasteiger partial charge in [-0.25, -0.2) is 5.48 Å². The minimum atomic E-state index is 0.702. The highest BCUT2D eigenvalue weighted by Crippen LogP contribution is 1.77. The van der Waals surface area contributed by atoms with E-state index >= 15 is 0 Å². The maximum Gasteiger partial charge on any atom is 0.0653 e. The minimum absolute atomic E-state index is 0.702. The average molecular weight is 147 g/mol. The standard InChI is InChI=1S/C7H17NO2/c1-3-6-9-7-5-8-10-4-2/h8H,3-7H2,1-2H3. The summed E-state index contributed by atoms with van der Waals surface area (Å²) in [4.78, 5) is 4.88. The van der Waals surface area contributed by atoms with Crippen LogP contribution in [0.3, 0.4) is 0 Å². The van der Waals surface area contributed by atoms with Gasteiger partial charge in [0.2, 0.25) is 0 Å². The van der Waals surface area contributed by atoms with Crippen LogP contribution in [0, 0.1) is 0 Å². The van der Waals surface area contributed by atoms with Crippen molar-refractivity contribution in [1.29, 1.82) is 0 Å². The van der Waals surface area contributed by atoms with E-state index in [-0.39, 0.29) is 0 Å². The minimum Gasteiger partial charge on any atom is -0.380 e. The van der Waals surface area contributed by atoms with Crippen LogP contribution < -0.4 is 5.48 Å². The molecule has 0 fully saturated rings. The van der Waals surface area contributed by atoms with E-state index in [4.69, 9.17) is 9.57 Å². The summed E-state index contributed by atoms with van der Waals surface area (Å²) < 4.78 is 5.19. The first-order valence-corrected chi connectivity index (χ1v) is 3.84. The molecule has 0 aliphatic carbocycles. The van der Waals surface area contributed by atoms with Gasteiger partial charge in [0.25, 0.3) is 0 Å². The van der Waals surface area contributed by atoms with E-state index in [0.29, 0.717) is 6.61 Å². The number of ether oxygens (including phenoxy) is 1. The first-order valence-electron chi connectivity index (χ1n) is 3.84. The van der Waals surface area contributed by atoms with Gasteiger partial charge in [-0.15, -0.1) is 0 Å². The van der Waals surface area contributed by atoms with Crippen molar-refractivity contribution in [1.82, 2.24) is 5.48 Å². The molecule has 62 valence electrons. The summed E-state index contributed by atoms with van der Waals surface area (Å²) >= 11 is 0. The van der Waals surface area contributed by atoms with Gasteiger partial charge in [0, 0.05) is 13.2 Å². The molecule has 10 heavy (non-hydrogen) atoms. The molecular formula is C7H17NO2. The van der Waals surface area contributed by atoms with Crippen LogP contribution in [0.1, 0.15) is 20.3 Å². The molecule has 0 aromatic carbocycles. The molecular weight excluding hydrogens is 130 g/mol. The second-order valence-electron chi connectivity index (χ2n) is 1.94. The first kappa shape index (κ1) is 9.88. The first-order chi connectivity index (χ1) is 4.91. The lowest BCUT2D eigenvalue weighted by molar-refractivity contribution is 0.0277. The molecule has 0 rings (SSSR count). The summed E-state index contributed by atoms with van der Waals surface area (Å²) in [6, 6.07) is 0. The smallest absolute Gasteiger partial charge is 0.0653 e. The van der Waals surface area contributed by atoms with Crippen LogP contribution in [0.5, 0.6) is 0 Å². The van der Waals surface area contributed by atoms with Gasteiger partial charge in [-0.05, 0) is 13.3 Å². The van der Waals surface area contributed by atoms with Crippen LogP contribution in [-0.4, -0.2) is 26.4 Å². The van der Waals surface area contributed by atoms with E-state index < -0.39 is 0 Å². The van der Waals surface area contributed by atoms with Crippen LogP contribution in [0.15, 0.2) is 0 Å². The number of hydroxylamine groups is 1. The van der Waals surface area contributed by atoms with Crippen molar-refractivity contribution in [2.24, 2.45) is 0 Å². The molecule has 0 spiro atoms. The Balaban J connectivity index is 2.65. The highest BCUT2D eigenvalue weighted by atomic mass is 16.6. The Bertz CT molecular complexity index is 51.6. The van der Waals surface area contributed by atoms with Crippen LogP contribution in [0.2, 0.25) is 0 Å². The zero-order valence-electron chi connectivity index (χ0n) is 6.85. The third-order valence-corrected chi connectivity index (χ3v) is 0.943. The molecule has 3 heteroatoms. The van der Waals surface area contributed by atoms with Gasteiger partial charge < -0.3 is 9.57 Å². The van der Waals surface area contributed by atoms with Crippen LogP contribution >= 0.6 is 0 Å². The van der Waals surface area contributed by atoms with Gasteiger partial charge >= 0.3 is 0 Å². The monoisotopic (exact) mass is 147 g/mol. The maximum absolute atomic E-state index is 5.19. The number of rotatable bonds is 7. The molecule has 0 aliphatic heterocycles. The molecule has 0 aliphatic rings. The van der Waals surface area contributed by atoms with E-state index in [1.54, 1.807) is 0 Å². The molecule has 0 saturated heterocycles. The molecule has 1 N–H and O–H groups in total. The molecule has 3 nitrogen and oxygen atoms in total. The van der Waals surface area contributed by atoms with Gasteiger partial charge in [-0.1, -0.05) is 6.92 Å². The second-order valence-corrected chi connectivity index (χ2v) is 1.94. The molecule has 0 aromatic rings. The van der Waals surface area contributed by atoms with Crippen molar-refractivity contribution in [2.75, 3.05) is 26.4 Å². The second kappa shape index (κ2) is 8.88. The van der Waals surface area contributed by atoms with Crippen molar-refractivity contribution in [3.63, 3.8) is 0 Å². The Labute approximate surface area is 62.7 Å². The van der Waals surface area contributed by atoms with Gasteiger partial charge in [0.15, 0.2) is 0 Å². The molecule has 0 aromatic heterocycles. The lowest BCUT2D eigenvalue weighted by Crippen LogP contribution is -2.20. The Morgan fingerprint density at radius 1 is 1.20 bits per heavy atom. The predicted octanol–water partition coefficient (Wildman–Crippen LogP) is 0.954. The average Bonchev–Trinajstić information content (AvgIpc) is 1.97. The summed E-state index contributed by atoms with van der Waals surface area (Å²) in [5, 5.41) is 0. The van der Waals surface area contributed by atoms with Gasteiger partial charge in [0.05, 0.1) is 13.2 Å². The third kappa shape index (κ3) is 7.88. The SMILES string of the molecule is CCCOCCNOCC. The Hall–Kier alpha value is -0.120. The quantitative estimate of drug-likeness (QED) is 0.429. The highest BCUT2D eigenvalue weighted by molar-refractivity contribution is 4.32. The fourth-order valence-electron chi connectivity index (χ4n) is 0.534. The highest BCUT2D eigenvalue weighted by Gasteiger charge is 1.84. The van der Waals surface area contributed by atoms with Crippen LogP contribution in [0.4, 0.5) is 0 Å². The topological polar surface area (TPSA) is 30.5 Å². The third-order valence-electron chi connectivity index (χ3n) is 0.943. The van der Waals surface area contributed by atoms with Gasteiger partial charge in [-0.3, -0.25) is 0 Å². The predicted molar refractivity (Wildman–Crippen MR) is 40.7 cm³/mol. The Morgan fingerprint density at radius 2 is 2.00 bits per heavy atom. The van der Waals surface area contributed by atoms with Gasteiger partial charge in [-0.2, -0.15) is 0 Å². The lowest BCUT2D eigenvalue weighted by Gasteiger charge is -2.03. The zero-order valence-corrected chi connectivity index (χ0v) is 6.85. The van der Waals surface area contributed by atoms with Crippen molar-refractivity contribution >= 4 is 0 Å². The van der Waals surface area contributed by atoms with Crippen molar-refractivity contribution in [3.05, 3.63) is 0 Å². The molecule has 0 saturated carbocycles. The van der Waals surface area contributed by atoms with Crippen molar-refractivity contribution < 1.29 is 9.57 Å². The summed E-state index contributed by atoms with van der Waals surface area (Å²) in [7, 11) is 0. The molecule has 0 amide bonds. The van der Waals surface area contributed by atoms with E-state index in [0.717, 1.165) is 26.2 Å². The summed E-state index contributed by atoms with van der Waals surface area (Å²) in [6.07, 6.45) is 1.08. The fraction of sp³-hybridized carbons (Fsp3) is 1.00.